The highest BCUT2D eigenvalue weighted by molar-refractivity contribution is 6.36. The Morgan fingerprint density at radius 3 is 2.70 bits per heavy atom. The Kier molecular flexibility index (Phi) is 8.72. The summed E-state index contributed by atoms with van der Waals surface area (Å²) in [6.07, 6.45) is 2.36. The van der Waals surface area contributed by atoms with E-state index in [9.17, 15) is 13.6 Å². The zero-order chi connectivity index (χ0) is 32.7. The Bertz CT molecular complexity index is 1900. The van der Waals surface area contributed by atoms with Crippen molar-refractivity contribution in [2.24, 2.45) is 5.92 Å². The molecule has 0 bridgehead atoms. The molecule has 0 N–H and O–H groups in total. The van der Waals surface area contributed by atoms with Crippen molar-refractivity contribution in [3.05, 3.63) is 77.0 Å². The van der Waals surface area contributed by atoms with Crippen molar-refractivity contribution in [1.82, 2.24) is 24.8 Å². The van der Waals surface area contributed by atoms with Crippen LogP contribution in [0.15, 0.2) is 48.9 Å². The highest BCUT2D eigenvalue weighted by atomic mass is 35.5. The van der Waals surface area contributed by atoms with Crippen LogP contribution in [0, 0.1) is 24.1 Å². The van der Waals surface area contributed by atoms with Crippen molar-refractivity contribution >= 4 is 45.0 Å². The lowest BCUT2D eigenvalue weighted by Crippen LogP contribution is -2.56. The molecule has 0 aliphatic carbocycles. The number of fused-ring (bicyclic) bond motifs is 2. The number of benzene rings is 2. The van der Waals surface area contributed by atoms with Crippen LogP contribution >= 0.6 is 11.6 Å². The number of anilines is 1. The number of aromatic nitrogens is 3. The number of nitrogens with zero attached hydrogens (tertiary/aromatic N) is 7. The molecule has 0 radical (unpaired) electrons. The average molecular weight is 650 g/mol. The van der Waals surface area contributed by atoms with Gasteiger partial charge in [-0.1, -0.05) is 49.4 Å². The summed E-state index contributed by atoms with van der Waals surface area (Å²) in [4.78, 5) is 34.8. The van der Waals surface area contributed by atoms with Gasteiger partial charge in [-0.25, -0.2) is 19.7 Å². The van der Waals surface area contributed by atoms with Gasteiger partial charge in [-0.3, -0.25) is 14.7 Å². The fourth-order valence-electron chi connectivity index (χ4n) is 6.48. The number of amides is 1. The fourth-order valence-corrected chi connectivity index (χ4v) is 6.75. The molecule has 2 aliphatic rings. The van der Waals surface area contributed by atoms with Crippen LogP contribution in [0.4, 0.5) is 19.0 Å². The van der Waals surface area contributed by atoms with Crippen LogP contribution in [-0.4, -0.2) is 89.1 Å². The van der Waals surface area contributed by atoms with Crippen LogP contribution in [0.3, 0.4) is 0 Å². The van der Waals surface area contributed by atoms with Crippen LogP contribution in [0.25, 0.3) is 37.8 Å². The number of carbonyl (C=O) groups is 1. The molecule has 2 aliphatic heterocycles. The number of piperazine rings is 1. The van der Waals surface area contributed by atoms with Crippen molar-refractivity contribution in [3.8, 4) is 17.3 Å². The van der Waals surface area contributed by atoms with Gasteiger partial charge in [0.2, 0.25) is 6.54 Å². The zero-order valence-electron chi connectivity index (χ0n) is 25.3. The summed E-state index contributed by atoms with van der Waals surface area (Å²) in [5.74, 6) is -2.60. The first kappa shape index (κ1) is 31.5. The van der Waals surface area contributed by atoms with Crippen molar-refractivity contribution in [3.63, 3.8) is 0 Å². The number of likely N-dealkylation sites (N-methyl/N-ethyl adjacent to an activating group) is 1. The first-order chi connectivity index (χ1) is 22.1. The smallest absolute Gasteiger partial charge is 0.319 e. The molecule has 2 fully saturated rings. The van der Waals surface area contributed by atoms with E-state index in [0.29, 0.717) is 28.1 Å². The lowest BCUT2D eigenvalue weighted by atomic mass is 10.0. The van der Waals surface area contributed by atoms with Crippen LogP contribution < -0.4 is 9.64 Å². The topological polar surface area (TPSA) is 79.1 Å². The van der Waals surface area contributed by atoms with Gasteiger partial charge in [-0.15, -0.1) is 0 Å². The van der Waals surface area contributed by atoms with Crippen LogP contribution in [0.2, 0.25) is 5.02 Å². The van der Waals surface area contributed by atoms with Crippen molar-refractivity contribution in [2.45, 2.75) is 25.4 Å². The highest BCUT2D eigenvalue weighted by Gasteiger charge is 2.36. The van der Waals surface area contributed by atoms with Gasteiger partial charge >= 0.3 is 6.01 Å². The lowest BCUT2D eigenvalue weighted by molar-refractivity contribution is -0.131. The molecule has 2 aromatic carbocycles. The molecule has 0 unspecified atom stereocenters. The van der Waals surface area contributed by atoms with Gasteiger partial charge in [0.05, 0.1) is 10.4 Å². The van der Waals surface area contributed by atoms with E-state index in [4.69, 9.17) is 22.9 Å². The first-order valence-corrected chi connectivity index (χ1v) is 15.2. The molecule has 4 aromatic rings. The molecule has 2 aromatic heterocycles. The summed E-state index contributed by atoms with van der Waals surface area (Å²) in [6, 6.07) is 7.29. The van der Waals surface area contributed by atoms with Gasteiger partial charge in [-0.2, -0.15) is 9.97 Å². The summed E-state index contributed by atoms with van der Waals surface area (Å²) >= 11 is 6.36. The fraction of sp³-hybridized carbons (Fsp3) is 0.364. The Labute approximate surface area is 269 Å². The molecule has 238 valence electrons. The highest BCUT2D eigenvalue weighted by Crippen LogP contribution is 2.38. The first-order valence-electron chi connectivity index (χ1n) is 14.9. The Morgan fingerprint density at radius 1 is 1.17 bits per heavy atom. The van der Waals surface area contributed by atoms with Gasteiger partial charge < -0.3 is 19.4 Å². The van der Waals surface area contributed by atoms with E-state index >= 15 is 4.39 Å². The normalized spacial score (nSPS) is 20.3. The number of halogens is 4. The average Bonchev–Trinajstić information content (AvgIpc) is 3.37. The quantitative estimate of drug-likeness (QED) is 0.182. The van der Waals surface area contributed by atoms with Crippen LogP contribution in [0.1, 0.15) is 13.3 Å². The minimum atomic E-state index is -1.11. The summed E-state index contributed by atoms with van der Waals surface area (Å²) in [5.41, 5.74) is 0.148. The minimum absolute atomic E-state index is 0.0501. The molecule has 1 amide bonds. The lowest BCUT2D eigenvalue weighted by Gasteiger charge is -2.39. The van der Waals surface area contributed by atoms with Crippen LogP contribution in [-0.2, 0) is 4.79 Å². The predicted molar refractivity (Wildman–Crippen MR) is 170 cm³/mol. The SMILES string of the molecule is [C-]#[N+]C[C@H]1CN(c2nc(OC[C@@H]3C[C@@H](C)CN3C)nc3c(F)c(-c4cccc5ccc(F)c(Cl)c45)ncc23)CCN1C(=O)C(=C)F. The van der Waals surface area contributed by atoms with Crippen LogP contribution in [0.5, 0.6) is 6.01 Å². The number of pyridine rings is 1. The third kappa shape index (κ3) is 5.81. The minimum Gasteiger partial charge on any atom is -0.462 e. The molecule has 13 heteroatoms. The Morgan fingerprint density at radius 2 is 1.98 bits per heavy atom. The van der Waals surface area contributed by atoms with Gasteiger partial charge in [0.25, 0.3) is 5.91 Å². The molecule has 0 spiro atoms. The number of hydrogen-bond donors (Lipinski definition) is 0. The molecule has 4 heterocycles. The number of likely N-dealkylation sites (tertiary alicyclic amines) is 1. The predicted octanol–water partition coefficient (Wildman–Crippen LogP) is 5.92. The van der Waals surface area contributed by atoms with E-state index < -0.39 is 29.4 Å². The largest absolute Gasteiger partial charge is 0.462 e. The van der Waals surface area contributed by atoms with Crippen molar-refractivity contribution in [2.75, 3.05) is 51.3 Å². The van der Waals surface area contributed by atoms with Crippen molar-refractivity contribution < 1.29 is 22.7 Å². The second-order valence-corrected chi connectivity index (χ2v) is 12.2. The molecule has 2 saturated heterocycles. The molecule has 46 heavy (non-hydrogen) atoms. The third-order valence-corrected chi connectivity index (χ3v) is 9.08. The van der Waals surface area contributed by atoms with E-state index in [-0.39, 0.29) is 66.5 Å². The van der Waals surface area contributed by atoms with Gasteiger partial charge in [0.1, 0.15) is 35.5 Å². The second-order valence-electron chi connectivity index (χ2n) is 11.9. The zero-order valence-corrected chi connectivity index (χ0v) is 26.1. The molecule has 6 rings (SSSR count). The standard InChI is InChI=1S/C33H31ClF3N7O2/c1-18-12-21(42(4)15-18)17-46-33-40-30-24(31(41-33)43-10-11-44(32(45)19(2)35)22(16-43)13-38-3)14-39-29(28(30)37)23-7-5-6-20-8-9-25(36)27(34)26(20)23/h5-9,14,18,21-22H,2,10-13,15-17H2,1,4H3/t18-,21+,22+/m1/s1. The van der Waals surface area contributed by atoms with E-state index in [1.54, 1.807) is 29.2 Å². The monoisotopic (exact) mass is 649 g/mol. The third-order valence-electron chi connectivity index (χ3n) is 8.71. The van der Waals surface area contributed by atoms with Gasteiger partial charge in [-0.05, 0) is 30.8 Å². The van der Waals surface area contributed by atoms with E-state index in [1.807, 2.05) is 7.05 Å². The number of ether oxygens (including phenoxy) is 1. The molecule has 0 saturated carbocycles. The van der Waals surface area contributed by atoms with E-state index in [0.717, 1.165) is 13.0 Å². The maximum atomic E-state index is 16.6. The van der Waals surface area contributed by atoms with E-state index in [1.165, 1.54) is 17.2 Å². The van der Waals surface area contributed by atoms with Gasteiger partial charge in [0, 0.05) is 49.4 Å². The molecular weight excluding hydrogens is 619 g/mol. The molecular formula is C33H31ClF3N7O2. The number of rotatable bonds is 7. The summed E-state index contributed by atoms with van der Waals surface area (Å²) in [6.45, 7) is 14.2. The molecule has 9 nitrogen and oxygen atoms in total. The maximum Gasteiger partial charge on any atom is 0.319 e. The summed E-state index contributed by atoms with van der Waals surface area (Å²) in [7, 11) is 2.02. The van der Waals surface area contributed by atoms with Gasteiger partial charge in [0.15, 0.2) is 11.6 Å². The summed E-state index contributed by atoms with van der Waals surface area (Å²) in [5, 5.41) is 1.05. The number of carbonyl (C=O) groups excluding carboxylic acids is 1. The maximum absolute atomic E-state index is 16.6. The summed E-state index contributed by atoms with van der Waals surface area (Å²) < 4.78 is 51.1. The van der Waals surface area contributed by atoms with Crippen molar-refractivity contribution in [1.29, 1.82) is 0 Å². The second kappa shape index (κ2) is 12.7. The van der Waals surface area contributed by atoms with E-state index in [2.05, 4.69) is 38.2 Å². The Hall–Kier alpha value is -4.47. The Balaban J connectivity index is 1.46. The number of hydrogen-bond acceptors (Lipinski definition) is 7. The molecule has 3 atom stereocenters.